The Morgan fingerprint density at radius 3 is 2.60 bits per heavy atom. The van der Waals surface area contributed by atoms with Gasteiger partial charge in [-0.15, -0.1) is 0 Å². The first-order chi connectivity index (χ1) is 9.65. The molecule has 0 aliphatic heterocycles. The number of nitrogens with one attached hydrogen (secondary N) is 1. The van der Waals surface area contributed by atoms with Crippen molar-refractivity contribution in [3.05, 3.63) is 35.4 Å². The lowest BCUT2D eigenvalue weighted by atomic mass is 9.99. The van der Waals surface area contributed by atoms with Crippen LogP contribution < -0.4 is 5.32 Å². The molecule has 2 rings (SSSR count). The molecule has 1 aromatic heterocycles. The van der Waals surface area contributed by atoms with E-state index in [9.17, 15) is 0 Å². The summed E-state index contributed by atoms with van der Waals surface area (Å²) >= 11 is 0. The molecule has 0 amide bonds. The minimum Gasteiger partial charge on any atom is -0.370 e. The molecule has 20 heavy (non-hydrogen) atoms. The molecular formula is C18H26N2. The molecule has 0 aliphatic rings. The monoisotopic (exact) mass is 270 g/mol. The van der Waals surface area contributed by atoms with Crippen LogP contribution in [0.4, 0.5) is 5.82 Å². The first-order valence-electron chi connectivity index (χ1n) is 7.83. The minimum atomic E-state index is 0.486. The van der Waals surface area contributed by atoms with Gasteiger partial charge in [0, 0.05) is 11.9 Å². The Hall–Kier alpha value is -1.57. The van der Waals surface area contributed by atoms with Gasteiger partial charge in [-0.3, -0.25) is 0 Å². The molecule has 2 aromatic rings. The van der Waals surface area contributed by atoms with Gasteiger partial charge in [0.25, 0.3) is 0 Å². The molecule has 0 atom stereocenters. The highest BCUT2D eigenvalue weighted by molar-refractivity contribution is 5.82. The van der Waals surface area contributed by atoms with Crippen molar-refractivity contribution < 1.29 is 0 Å². The Morgan fingerprint density at radius 1 is 1.15 bits per heavy atom. The zero-order valence-electron chi connectivity index (χ0n) is 13.2. The highest BCUT2D eigenvalue weighted by Gasteiger charge is 2.10. The molecule has 2 nitrogen and oxygen atoms in total. The van der Waals surface area contributed by atoms with E-state index in [0.717, 1.165) is 17.9 Å². The lowest BCUT2D eigenvalue weighted by Gasteiger charge is -2.14. The van der Waals surface area contributed by atoms with Gasteiger partial charge < -0.3 is 5.32 Å². The van der Waals surface area contributed by atoms with Crippen molar-refractivity contribution in [1.29, 1.82) is 0 Å². The average Bonchev–Trinajstić information content (AvgIpc) is 2.44. The number of anilines is 1. The zero-order chi connectivity index (χ0) is 14.5. The van der Waals surface area contributed by atoms with Crippen molar-refractivity contribution in [2.75, 3.05) is 11.9 Å². The van der Waals surface area contributed by atoms with Crippen LogP contribution in [0.2, 0.25) is 0 Å². The SMILES string of the molecule is CCCCc1ccc2nc(NCC)c(C(C)C)cc2c1. The maximum atomic E-state index is 4.80. The Morgan fingerprint density at radius 2 is 1.95 bits per heavy atom. The minimum absolute atomic E-state index is 0.486. The van der Waals surface area contributed by atoms with E-state index in [0.29, 0.717) is 5.92 Å². The van der Waals surface area contributed by atoms with Crippen LogP contribution in [0.15, 0.2) is 24.3 Å². The third-order valence-electron chi connectivity index (χ3n) is 3.69. The van der Waals surface area contributed by atoms with Crippen molar-refractivity contribution >= 4 is 16.7 Å². The van der Waals surface area contributed by atoms with E-state index in [1.165, 1.54) is 35.8 Å². The summed E-state index contributed by atoms with van der Waals surface area (Å²) in [5, 5.41) is 4.65. The number of pyridine rings is 1. The summed E-state index contributed by atoms with van der Waals surface area (Å²) in [7, 11) is 0. The molecule has 0 saturated carbocycles. The van der Waals surface area contributed by atoms with Crippen LogP contribution in [0.1, 0.15) is 57.6 Å². The van der Waals surface area contributed by atoms with Crippen molar-refractivity contribution in [3.8, 4) is 0 Å². The van der Waals surface area contributed by atoms with Crippen LogP contribution in [-0.4, -0.2) is 11.5 Å². The molecule has 0 spiro atoms. The van der Waals surface area contributed by atoms with Crippen LogP contribution in [0.3, 0.4) is 0 Å². The number of aryl methyl sites for hydroxylation is 1. The lowest BCUT2D eigenvalue weighted by Crippen LogP contribution is -2.05. The van der Waals surface area contributed by atoms with Gasteiger partial charge in [-0.1, -0.05) is 33.3 Å². The molecule has 0 saturated heterocycles. The first kappa shape index (κ1) is 14.8. The standard InChI is InChI=1S/C18H26N2/c1-5-7-8-14-9-10-17-15(11-14)12-16(13(3)4)18(20-17)19-6-2/h9-13H,5-8H2,1-4H3,(H,19,20). The number of nitrogens with zero attached hydrogens (tertiary/aromatic N) is 1. The number of rotatable bonds is 6. The van der Waals surface area contributed by atoms with E-state index in [1.54, 1.807) is 0 Å². The van der Waals surface area contributed by atoms with Crippen LogP contribution in [0.25, 0.3) is 10.9 Å². The normalized spacial score (nSPS) is 11.2. The van der Waals surface area contributed by atoms with E-state index >= 15 is 0 Å². The summed E-state index contributed by atoms with van der Waals surface area (Å²) in [5.74, 6) is 1.52. The largest absolute Gasteiger partial charge is 0.370 e. The molecule has 1 N–H and O–H groups in total. The van der Waals surface area contributed by atoms with Gasteiger partial charge in [0.1, 0.15) is 5.82 Å². The van der Waals surface area contributed by atoms with Crippen LogP contribution in [-0.2, 0) is 6.42 Å². The average molecular weight is 270 g/mol. The highest BCUT2D eigenvalue weighted by atomic mass is 15.0. The second kappa shape index (κ2) is 6.74. The fourth-order valence-corrected chi connectivity index (χ4v) is 2.53. The predicted octanol–water partition coefficient (Wildman–Crippen LogP) is 5.13. The fraction of sp³-hybridized carbons (Fsp3) is 0.500. The molecule has 0 radical (unpaired) electrons. The molecule has 1 heterocycles. The molecule has 0 aliphatic carbocycles. The number of unbranched alkanes of at least 4 members (excludes halogenated alkanes) is 1. The number of hydrogen-bond donors (Lipinski definition) is 1. The lowest BCUT2D eigenvalue weighted by molar-refractivity contribution is 0.796. The van der Waals surface area contributed by atoms with E-state index in [1.807, 2.05) is 0 Å². The number of aromatic nitrogens is 1. The van der Waals surface area contributed by atoms with Crippen molar-refractivity contribution in [2.24, 2.45) is 0 Å². The third-order valence-corrected chi connectivity index (χ3v) is 3.69. The van der Waals surface area contributed by atoms with E-state index in [4.69, 9.17) is 4.98 Å². The van der Waals surface area contributed by atoms with Crippen molar-refractivity contribution in [1.82, 2.24) is 4.98 Å². The van der Waals surface area contributed by atoms with Gasteiger partial charge in [-0.05, 0) is 55.0 Å². The molecule has 0 fully saturated rings. The van der Waals surface area contributed by atoms with Gasteiger partial charge in [-0.2, -0.15) is 0 Å². The fourth-order valence-electron chi connectivity index (χ4n) is 2.53. The van der Waals surface area contributed by atoms with Gasteiger partial charge >= 0.3 is 0 Å². The zero-order valence-corrected chi connectivity index (χ0v) is 13.2. The highest BCUT2D eigenvalue weighted by Crippen LogP contribution is 2.27. The summed E-state index contributed by atoms with van der Waals surface area (Å²) < 4.78 is 0. The van der Waals surface area contributed by atoms with Crippen molar-refractivity contribution in [3.63, 3.8) is 0 Å². The summed E-state index contributed by atoms with van der Waals surface area (Å²) in [6.07, 6.45) is 3.66. The predicted molar refractivity (Wildman–Crippen MR) is 88.6 cm³/mol. The molecule has 1 aromatic carbocycles. The second-order valence-corrected chi connectivity index (χ2v) is 5.74. The van der Waals surface area contributed by atoms with E-state index in [-0.39, 0.29) is 0 Å². The summed E-state index contributed by atoms with van der Waals surface area (Å²) in [6, 6.07) is 8.99. The second-order valence-electron chi connectivity index (χ2n) is 5.74. The maximum Gasteiger partial charge on any atom is 0.130 e. The smallest absolute Gasteiger partial charge is 0.130 e. The Balaban J connectivity index is 2.44. The molecule has 0 unspecified atom stereocenters. The Kier molecular flexibility index (Phi) is 4.99. The summed E-state index contributed by atoms with van der Waals surface area (Å²) in [4.78, 5) is 4.80. The van der Waals surface area contributed by atoms with Crippen LogP contribution in [0.5, 0.6) is 0 Å². The summed E-state index contributed by atoms with van der Waals surface area (Å²) in [6.45, 7) is 9.72. The third kappa shape index (κ3) is 3.30. The van der Waals surface area contributed by atoms with Crippen molar-refractivity contribution in [2.45, 2.75) is 52.9 Å². The molecule has 2 heteroatoms. The van der Waals surface area contributed by atoms with E-state index < -0.39 is 0 Å². The molecule has 108 valence electrons. The molecule has 0 bridgehead atoms. The Labute approximate surface area is 122 Å². The molecular weight excluding hydrogens is 244 g/mol. The van der Waals surface area contributed by atoms with Crippen LogP contribution in [0, 0.1) is 0 Å². The number of hydrogen-bond acceptors (Lipinski definition) is 2. The number of fused-ring (bicyclic) bond motifs is 1. The van der Waals surface area contributed by atoms with Gasteiger partial charge in [0.15, 0.2) is 0 Å². The van der Waals surface area contributed by atoms with Gasteiger partial charge in [0.2, 0.25) is 0 Å². The maximum absolute atomic E-state index is 4.80. The Bertz CT molecular complexity index is 573. The summed E-state index contributed by atoms with van der Waals surface area (Å²) in [5.41, 5.74) is 3.82. The van der Waals surface area contributed by atoms with Crippen LogP contribution >= 0.6 is 0 Å². The number of benzene rings is 1. The topological polar surface area (TPSA) is 24.9 Å². The quantitative estimate of drug-likeness (QED) is 0.786. The first-order valence-corrected chi connectivity index (χ1v) is 7.83. The van der Waals surface area contributed by atoms with Gasteiger partial charge in [0.05, 0.1) is 5.52 Å². The van der Waals surface area contributed by atoms with Gasteiger partial charge in [-0.25, -0.2) is 4.98 Å². The van der Waals surface area contributed by atoms with E-state index in [2.05, 4.69) is 57.3 Å².